The topological polar surface area (TPSA) is 70.5 Å². The minimum absolute atomic E-state index is 0.758. The van der Waals surface area contributed by atoms with Crippen molar-refractivity contribution in [1.29, 1.82) is 0 Å². The number of rotatable bonds is 7. The molecule has 0 spiro atoms. The van der Waals surface area contributed by atoms with Gasteiger partial charge in [-0.05, 0) is 106 Å². The van der Waals surface area contributed by atoms with Gasteiger partial charge in [0.2, 0.25) is 0 Å². The molecule has 0 aromatic heterocycles. The van der Waals surface area contributed by atoms with Gasteiger partial charge >= 0.3 is 0 Å². The average molecular weight is 521 g/mol. The molecule has 0 unspecified atom stereocenters. The SMILES string of the molecule is Nc1ccc(-c2ccc(Oc3ccc(-c4ccc(Oc5ccc(-c6ccc(N)cc6)cc5)cc4)cc3)cc2)cc1. The number of ether oxygens (including phenoxy) is 2. The molecule has 6 aromatic rings. The van der Waals surface area contributed by atoms with Crippen molar-refractivity contribution in [2.45, 2.75) is 0 Å². The minimum Gasteiger partial charge on any atom is -0.457 e. The van der Waals surface area contributed by atoms with Crippen LogP contribution in [0.5, 0.6) is 23.0 Å². The van der Waals surface area contributed by atoms with E-state index in [1.807, 2.05) is 121 Å². The summed E-state index contributed by atoms with van der Waals surface area (Å²) in [6.07, 6.45) is 0. The lowest BCUT2D eigenvalue weighted by Crippen LogP contribution is -1.87. The molecule has 6 rings (SSSR count). The van der Waals surface area contributed by atoms with Gasteiger partial charge in [-0.3, -0.25) is 0 Å². The van der Waals surface area contributed by atoms with E-state index in [2.05, 4.69) is 24.3 Å². The smallest absolute Gasteiger partial charge is 0.127 e. The van der Waals surface area contributed by atoms with Crippen LogP contribution in [0, 0.1) is 0 Å². The van der Waals surface area contributed by atoms with Gasteiger partial charge in [0.05, 0.1) is 0 Å². The van der Waals surface area contributed by atoms with Crippen LogP contribution in [0.25, 0.3) is 33.4 Å². The van der Waals surface area contributed by atoms with Crippen molar-refractivity contribution in [2.75, 3.05) is 11.5 Å². The standard InChI is InChI=1S/C36H28N2O2/c37-31-13-1-25(2-14-31)27-5-17-33(18-6-27)39-35-21-9-29(10-22-35)30-11-23-36(24-12-30)40-34-19-7-28(8-20-34)26-3-15-32(38)16-4-26/h1-24H,37-38H2. The highest BCUT2D eigenvalue weighted by atomic mass is 16.5. The number of hydrogen-bond acceptors (Lipinski definition) is 4. The molecule has 194 valence electrons. The Labute approximate surface area is 234 Å². The number of nitrogen functional groups attached to an aromatic ring is 2. The molecule has 0 radical (unpaired) electrons. The third-order valence-electron chi connectivity index (χ3n) is 6.71. The van der Waals surface area contributed by atoms with E-state index >= 15 is 0 Å². The predicted molar refractivity (Wildman–Crippen MR) is 165 cm³/mol. The van der Waals surface area contributed by atoms with Crippen LogP contribution in [-0.2, 0) is 0 Å². The maximum atomic E-state index is 6.06. The Morgan fingerprint density at radius 2 is 0.425 bits per heavy atom. The first kappa shape index (κ1) is 24.8. The van der Waals surface area contributed by atoms with Gasteiger partial charge in [0.25, 0.3) is 0 Å². The van der Waals surface area contributed by atoms with E-state index in [1.54, 1.807) is 0 Å². The van der Waals surface area contributed by atoms with Crippen LogP contribution >= 0.6 is 0 Å². The van der Waals surface area contributed by atoms with Crippen molar-refractivity contribution >= 4 is 11.4 Å². The maximum absolute atomic E-state index is 6.06. The quantitative estimate of drug-likeness (QED) is 0.206. The Morgan fingerprint density at radius 3 is 0.625 bits per heavy atom. The van der Waals surface area contributed by atoms with Crippen LogP contribution in [0.15, 0.2) is 146 Å². The Hall–Kier alpha value is -5.48. The second kappa shape index (κ2) is 11.1. The molecule has 0 saturated carbocycles. The summed E-state index contributed by atoms with van der Waals surface area (Å²) >= 11 is 0. The minimum atomic E-state index is 0.758. The molecule has 4 N–H and O–H groups in total. The summed E-state index contributed by atoms with van der Waals surface area (Å²) in [5.41, 5.74) is 19.8. The summed E-state index contributed by atoms with van der Waals surface area (Å²) in [6, 6.07) is 48.0. The lowest BCUT2D eigenvalue weighted by Gasteiger charge is -2.10. The summed E-state index contributed by atoms with van der Waals surface area (Å²) in [7, 11) is 0. The van der Waals surface area contributed by atoms with Crippen molar-refractivity contribution in [2.24, 2.45) is 0 Å². The highest BCUT2D eigenvalue weighted by Gasteiger charge is 2.05. The number of nitrogens with two attached hydrogens (primary N) is 2. The fourth-order valence-electron chi connectivity index (χ4n) is 4.49. The van der Waals surface area contributed by atoms with Crippen LogP contribution in [0.4, 0.5) is 11.4 Å². The van der Waals surface area contributed by atoms with E-state index < -0.39 is 0 Å². The van der Waals surface area contributed by atoms with E-state index in [0.29, 0.717) is 0 Å². The molecule has 4 nitrogen and oxygen atoms in total. The average Bonchev–Trinajstić information content (AvgIpc) is 3.00. The van der Waals surface area contributed by atoms with Crippen LogP contribution < -0.4 is 20.9 Å². The lowest BCUT2D eigenvalue weighted by molar-refractivity contribution is 0.482. The predicted octanol–water partition coefficient (Wildman–Crippen LogP) is 9.44. The van der Waals surface area contributed by atoms with Crippen LogP contribution in [-0.4, -0.2) is 0 Å². The molecule has 0 heterocycles. The van der Waals surface area contributed by atoms with Gasteiger partial charge in [-0.25, -0.2) is 0 Å². The molecule has 0 fully saturated rings. The summed E-state index contributed by atoms with van der Waals surface area (Å²) < 4.78 is 12.1. The molecular weight excluding hydrogens is 492 g/mol. The van der Waals surface area contributed by atoms with E-state index in [-0.39, 0.29) is 0 Å². The molecule has 0 aliphatic carbocycles. The number of benzene rings is 6. The Balaban J connectivity index is 1.07. The second-order valence-electron chi connectivity index (χ2n) is 9.55. The maximum Gasteiger partial charge on any atom is 0.127 e. The third-order valence-corrected chi connectivity index (χ3v) is 6.71. The fourth-order valence-corrected chi connectivity index (χ4v) is 4.49. The molecule has 0 aliphatic heterocycles. The molecule has 0 amide bonds. The molecule has 0 saturated heterocycles. The van der Waals surface area contributed by atoms with Crippen molar-refractivity contribution < 1.29 is 9.47 Å². The summed E-state index contributed by atoms with van der Waals surface area (Å²) in [5.74, 6) is 3.14. The second-order valence-corrected chi connectivity index (χ2v) is 9.55. The first-order valence-electron chi connectivity index (χ1n) is 13.1. The van der Waals surface area contributed by atoms with Gasteiger partial charge in [-0.15, -0.1) is 0 Å². The molecule has 0 aliphatic rings. The van der Waals surface area contributed by atoms with Gasteiger partial charge in [-0.1, -0.05) is 72.8 Å². The Morgan fingerprint density at radius 1 is 0.250 bits per heavy atom. The molecule has 4 heteroatoms. The van der Waals surface area contributed by atoms with Crippen LogP contribution in [0.2, 0.25) is 0 Å². The zero-order valence-corrected chi connectivity index (χ0v) is 21.8. The lowest BCUT2D eigenvalue weighted by atomic mass is 10.0. The highest BCUT2D eigenvalue weighted by molar-refractivity contribution is 5.68. The molecular formula is C36H28N2O2. The van der Waals surface area contributed by atoms with Gasteiger partial charge in [0.1, 0.15) is 23.0 Å². The number of hydrogen-bond donors (Lipinski definition) is 2. The van der Waals surface area contributed by atoms with Crippen molar-refractivity contribution in [3.63, 3.8) is 0 Å². The van der Waals surface area contributed by atoms with E-state index in [9.17, 15) is 0 Å². The van der Waals surface area contributed by atoms with Crippen molar-refractivity contribution in [3.05, 3.63) is 146 Å². The third kappa shape index (κ3) is 5.82. The van der Waals surface area contributed by atoms with Gasteiger partial charge < -0.3 is 20.9 Å². The summed E-state index contributed by atoms with van der Waals surface area (Å²) in [5, 5.41) is 0. The molecule has 0 bridgehead atoms. The van der Waals surface area contributed by atoms with E-state index in [0.717, 1.165) is 67.8 Å². The largest absolute Gasteiger partial charge is 0.457 e. The molecule has 40 heavy (non-hydrogen) atoms. The zero-order valence-electron chi connectivity index (χ0n) is 21.8. The number of anilines is 2. The summed E-state index contributed by atoms with van der Waals surface area (Å²) in [4.78, 5) is 0. The molecule has 6 aromatic carbocycles. The van der Waals surface area contributed by atoms with Gasteiger partial charge in [0, 0.05) is 11.4 Å². The zero-order chi connectivity index (χ0) is 27.3. The molecule has 0 atom stereocenters. The van der Waals surface area contributed by atoms with E-state index in [1.165, 1.54) is 0 Å². The highest BCUT2D eigenvalue weighted by Crippen LogP contribution is 2.31. The normalized spacial score (nSPS) is 10.7. The van der Waals surface area contributed by atoms with Crippen LogP contribution in [0.1, 0.15) is 0 Å². The first-order valence-corrected chi connectivity index (χ1v) is 13.1. The van der Waals surface area contributed by atoms with Crippen molar-refractivity contribution in [3.8, 4) is 56.4 Å². The van der Waals surface area contributed by atoms with Crippen molar-refractivity contribution in [1.82, 2.24) is 0 Å². The van der Waals surface area contributed by atoms with Gasteiger partial charge in [0.15, 0.2) is 0 Å². The Kier molecular flexibility index (Phi) is 6.89. The van der Waals surface area contributed by atoms with E-state index in [4.69, 9.17) is 20.9 Å². The van der Waals surface area contributed by atoms with Gasteiger partial charge in [-0.2, -0.15) is 0 Å². The Bertz CT molecular complexity index is 1560. The monoisotopic (exact) mass is 520 g/mol. The van der Waals surface area contributed by atoms with Crippen LogP contribution in [0.3, 0.4) is 0 Å². The first-order chi connectivity index (χ1) is 19.6. The summed E-state index contributed by atoms with van der Waals surface area (Å²) in [6.45, 7) is 0. The fraction of sp³-hybridized carbons (Fsp3) is 0.